The number of hydrogen-bond donors (Lipinski definition) is 1. The van der Waals surface area contributed by atoms with Crippen molar-refractivity contribution in [3.8, 4) is 0 Å². The number of diazo groups is 1. The van der Waals surface area contributed by atoms with Crippen LogP contribution in [0.2, 0.25) is 0 Å². The Bertz CT molecular complexity index is 444. The van der Waals surface area contributed by atoms with Crippen molar-refractivity contribution in [2.24, 2.45) is 0 Å². The van der Waals surface area contributed by atoms with Gasteiger partial charge in [0.2, 0.25) is 11.2 Å². The molecule has 0 radical (unpaired) electrons. The van der Waals surface area contributed by atoms with Gasteiger partial charge in [-0.1, -0.05) is 30.3 Å². The van der Waals surface area contributed by atoms with Crippen LogP contribution in [0.4, 0.5) is 0 Å². The van der Waals surface area contributed by atoms with Crippen LogP contribution in [0.25, 0.3) is 10.7 Å². The minimum Gasteiger partial charge on any atom is -0.501 e. The monoisotopic (exact) mass is 217 g/mol. The molecule has 1 rings (SSSR count). The Kier molecular flexibility index (Phi) is 4.22. The van der Waals surface area contributed by atoms with E-state index in [2.05, 4.69) is 4.98 Å². The number of carbonyl (C=O) groups excluding carboxylic acids is 1. The second kappa shape index (κ2) is 5.66. The topological polar surface area (TPSA) is 65.5 Å². The molecular formula is C12H13N2O2+. The van der Waals surface area contributed by atoms with E-state index in [1.165, 1.54) is 6.92 Å². The first-order chi connectivity index (χ1) is 7.65. The molecule has 0 spiro atoms. The molecule has 0 unspecified atom stereocenters. The molecule has 16 heavy (non-hydrogen) atoms. The SMILES string of the molecule is CC(=O)CC/C([N+]#N)=C(\O)c1ccccc1. The summed E-state index contributed by atoms with van der Waals surface area (Å²) in [5.74, 6) is -0.105. The van der Waals surface area contributed by atoms with E-state index in [0.717, 1.165) is 0 Å². The summed E-state index contributed by atoms with van der Waals surface area (Å²) in [7, 11) is 0. The fourth-order valence-corrected chi connectivity index (χ4v) is 1.27. The molecule has 1 N–H and O–H groups in total. The molecule has 0 amide bonds. The van der Waals surface area contributed by atoms with Crippen molar-refractivity contribution in [1.29, 1.82) is 5.39 Å². The number of nitrogens with zero attached hydrogens (tertiary/aromatic N) is 2. The van der Waals surface area contributed by atoms with Crippen LogP contribution in [-0.2, 0) is 4.79 Å². The van der Waals surface area contributed by atoms with Gasteiger partial charge in [-0.3, -0.25) is 0 Å². The zero-order valence-corrected chi connectivity index (χ0v) is 9.05. The van der Waals surface area contributed by atoms with E-state index >= 15 is 0 Å². The van der Waals surface area contributed by atoms with E-state index in [9.17, 15) is 9.90 Å². The first-order valence-corrected chi connectivity index (χ1v) is 4.97. The molecule has 0 aliphatic carbocycles. The summed E-state index contributed by atoms with van der Waals surface area (Å²) in [4.78, 5) is 13.8. The van der Waals surface area contributed by atoms with Crippen molar-refractivity contribution in [2.45, 2.75) is 19.8 Å². The van der Waals surface area contributed by atoms with Gasteiger partial charge in [0.25, 0.3) is 0 Å². The number of ketones is 1. The van der Waals surface area contributed by atoms with Crippen molar-refractivity contribution >= 4 is 11.5 Å². The molecule has 0 saturated heterocycles. The number of Topliss-reactive ketones (excluding diaryl/α,β-unsaturated/α-hetero) is 1. The first kappa shape index (κ1) is 11.9. The maximum absolute atomic E-state index is 10.8. The van der Waals surface area contributed by atoms with E-state index in [1.807, 2.05) is 6.07 Å². The third kappa shape index (κ3) is 3.21. The maximum atomic E-state index is 10.8. The Labute approximate surface area is 93.8 Å². The van der Waals surface area contributed by atoms with E-state index in [-0.39, 0.29) is 30.1 Å². The molecule has 4 nitrogen and oxygen atoms in total. The van der Waals surface area contributed by atoms with E-state index < -0.39 is 0 Å². The van der Waals surface area contributed by atoms with E-state index in [1.54, 1.807) is 24.3 Å². The Morgan fingerprint density at radius 3 is 2.44 bits per heavy atom. The van der Waals surface area contributed by atoms with Crippen molar-refractivity contribution in [2.75, 3.05) is 0 Å². The zero-order valence-electron chi connectivity index (χ0n) is 9.05. The van der Waals surface area contributed by atoms with Crippen LogP contribution in [0.15, 0.2) is 36.0 Å². The molecule has 0 heterocycles. The number of carbonyl (C=O) groups is 1. The lowest BCUT2D eigenvalue weighted by Gasteiger charge is -1.96. The van der Waals surface area contributed by atoms with Gasteiger partial charge in [0.05, 0.1) is 6.42 Å². The maximum Gasteiger partial charge on any atom is 0.403 e. The largest absolute Gasteiger partial charge is 0.501 e. The number of aliphatic hydroxyl groups excluding tert-OH is 1. The van der Waals surface area contributed by atoms with Gasteiger partial charge in [0.15, 0.2) is 4.98 Å². The van der Waals surface area contributed by atoms with E-state index in [0.29, 0.717) is 5.56 Å². The summed E-state index contributed by atoms with van der Waals surface area (Å²) in [5.41, 5.74) is 0.695. The highest BCUT2D eigenvalue weighted by molar-refractivity contribution is 5.76. The second-order valence-corrected chi connectivity index (χ2v) is 3.46. The smallest absolute Gasteiger partial charge is 0.403 e. The fraction of sp³-hybridized carbons (Fsp3) is 0.250. The van der Waals surface area contributed by atoms with Gasteiger partial charge in [-0.05, 0) is 6.92 Å². The highest BCUT2D eigenvalue weighted by Crippen LogP contribution is 2.20. The zero-order chi connectivity index (χ0) is 12.0. The average molecular weight is 217 g/mol. The molecule has 4 heteroatoms. The molecule has 0 aromatic heterocycles. The summed E-state index contributed by atoms with van der Waals surface area (Å²) in [6.45, 7) is 1.45. The highest BCUT2D eigenvalue weighted by Gasteiger charge is 2.20. The van der Waals surface area contributed by atoms with Crippen LogP contribution >= 0.6 is 0 Å². The first-order valence-electron chi connectivity index (χ1n) is 4.97. The van der Waals surface area contributed by atoms with Crippen molar-refractivity contribution in [3.05, 3.63) is 46.6 Å². The quantitative estimate of drug-likeness (QED) is 0.622. The van der Waals surface area contributed by atoms with Crippen LogP contribution in [0.1, 0.15) is 25.3 Å². The van der Waals surface area contributed by atoms with Crippen molar-refractivity contribution in [3.63, 3.8) is 0 Å². The summed E-state index contributed by atoms with van der Waals surface area (Å²) in [6, 6.07) is 8.77. The Morgan fingerprint density at radius 2 is 1.94 bits per heavy atom. The number of rotatable bonds is 4. The molecule has 82 valence electrons. The summed E-state index contributed by atoms with van der Waals surface area (Å²) < 4.78 is 0. The fourth-order valence-electron chi connectivity index (χ4n) is 1.27. The number of hydrogen-bond acceptors (Lipinski definition) is 3. The van der Waals surface area contributed by atoms with Crippen LogP contribution in [0.3, 0.4) is 0 Å². The minimum absolute atomic E-state index is 0.0120. The summed E-state index contributed by atoms with van der Waals surface area (Å²) in [5, 5.41) is 18.6. The lowest BCUT2D eigenvalue weighted by Crippen LogP contribution is -1.93. The van der Waals surface area contributed by atoms with Crippen molar-refractivity contribution in [1.82, 2.24) is 0 Å². The van der Waals surface area contributed by atoms with Gasteiger partial charge in [-0.25, -0.2) is 0 Å². The Hall–Kier alpha value is -2.15. The summed E-state index contributed by atoms with van der Waals surface area (Å²) >= 11 is 0. The third-order valence-corrected chi connectivity index (χ3v) is 2.16. The van der Waals surface area contributed by atoms with Crippen LogP contribution in [0.5, 0.6) is 0 Å². The van der Waals surface area contributed by atoms with Gasteiger partial charge < -0.3 is 9.90 Å². The number of allylic oxidation sites excluding steroid dienone is 1. The van der Waals surface area contributed by atoms with Crippen LogP contribution in [0, 0.1) is 5.39 Å². The number of aliphatic hydroxyl groups is 1. The predicted octanol–water partition coefficient (Wildman–Crippen LogP) is 3.14. The molecule has 1 aromatic rings. The van der Waals surface area contributed by atoms with Gasteiger partial charge in [-0.2, -0.15) is 0 Å². The molecule has 0 bridgehead atoms. The van der Waals surface area contributed by atoms with E-state index in [4.69, 9.17) is 5.39 Å². The van der Waals surface area contributed by atoms with Crippen molar-refractivity contribution < 1.29 is 9.90 Å². The molecular weight excluding hydrogens is 204 g/mol. The Balaban J connectivity index is 2.92. The highest BCUT2D eigenvalue weighted by atomic mass is 16.3. The predicted molar refractivity (Wildman–Crippen MR) is 61.0 cm³/mol. The second-order valence-electron chi connectivity index (χ2n) is 3.46. The van der Waals surface area contributed by atoms with Gasteiger partial charge in [-0.15, -0.1) is 0 Å². The van der Waals surface area contributed by atoms with Gasteiger partial charge in [0, 0.05) is 12.0 Å². The van der Waals surface area contributed by atoms with Crippen LogP contribution in [-0.4, -0.2) is 10.9 Å². The normalized spacial score (nSPS) is 11.5. The molecule has 1 aromatic carbocycles. The third-order valence-electron chi connectivity index (χ3n) is 2.16. The van der Waals surface area contributed by atoms with Gasteiger partial charge in [0.1, 0.15) is 5.78 Å². The lowest BCUT2D eigenvalue weighted by molar-refractivity contribution is -0.116. The minimum atomic E-state index is -0.0932. The number of benzene rings is 1. The molecule has 0 atom stereocenters. The lowest BCUT2D eigenvalue weighted by atomic mass is 10.1. The van der Waals surface area contributed by atoms with Gasteiger partial charge >= 0.3 is 5.70 Å². The summed E-state index contributed by atoms with van der Waals surface area (Å²) in [6.07, 6.45) is 0.475. The standard InChI is InChI=1S/C12H12N2O2/c1-9(15)7-8-11(14-13)12(16)10-5-3-2-4-6-10/h2-6H,7-8H2,1H3/p+1/b12-11+. The average Bonchev–Trinajstić information content (AvgIpc) is 2.30. The molecule has 0 aliphatic rings. The Morgan fingerprint density at radius 1 is 1.31 bits per heavy atom. The molecule has 0 aliphatic heterocycles. The molecule has 0 saturated carbocycles. The molecule has 0 fully saturated rings. The van der Waals surface area contributed by atoms with Crippen LogP contribution < -0.4 is 0 Å².